The number of ether oxygens (including phenoxy) is 1. The summed E-state index contributed by atoms with van der Waals surface area (Å²) in [5, 5.41) is 10.3. The van der Waals surface area contributed by atoms with Crippen LogP contribution in [0.15, 0.2) is 18.2 Å². The molecule has 21 heavy (non-hydrogen) atoms. The van der Waals surface area contributed by atoms with Crippen LogP contribution in [0.1, 0.15) is 34.9 Å². The van der Waals surface area contributed by atoms with E-state index < -0.39 is 11.9 Å². The Morgan fingerprint density at radius 1 is 1.38 bits per heavy atom. The van der Waals surface area contributed by atoms with Gasteiger partial charge in [0.25, 0.3) is 0 Å². The van der Waals surface area contributed by atoms with E-state index in [0.29, 0.717) is 6.42 Å². The Balaban J connectivity index is 1.75. The zero-order valence-corrected chi connectivity index (χ0v) is 12.3. The van der Waals surface area contributed by atoms with Crippen molar-refractivity contribution in [2.24, 2.45) is 0 Å². The summed E-state index contributed by atoms with van der Waals surface area (Å²) in [6.07, 6.45) is 3.52. The predicted octanol–water partition coefficient (Wildman–Crippen LogP) is 3.25. The van der Waals surface area contributed by atoms with Crippen molar-refractivity contribution in [2.75, 3.05) is 6.61 Å². The molecule has 0 fully saturated rings. The molecule has 0 saturated carbocycles. The molecule has 5 heteroatoms. The van der Waals surface area contributed by atoms with Crippen LogP contribution in [0.2, 0.25) is 0 Å². The molecule has 1 N–H and O–H groups in total. The van der Waals surface area contributed by atoms with E-state index in [2.05, 4.69) is 11.1 Å². The first-order valence-corrected chi connectivity index (χ1v) is 8.02. The number of hydrogen-bond acceptors (Lipinski definition) is 4. The third-order valence-corrected chi connectivity index (χ3v) is 5.37. The number of rotatable bonds is 2. The average Bonchev–Trinajstić information content (AvgIpc) is 3.11. The summed E-state index contributed by atoms with van der Waals surface area (Å²) in [5.41, 5.74) is 3.07. The fourth-order valence-electron chi connectivity index (χ4n) is 3.10. The first kappa shape index (κ1) is 12.8. The van der Waals surface area contributed by atoms with Crippen LogP contribution < -0.4 is 4.74 Å². The summed E-state index contributed by atoms with van der Waals surface area (Å²) in [5.74, 6) is -0.227. The van der Waals surface area contributed by atoms with E-state index in [-0.39, 0.29) is 0 Å². The molecule has 1 aromatic carbocycles. The minimum Gasteiger partial charge on any atom is -0.493 e. The number of aryl methyl sites for hydroxylation is 1. The SMILES string of the molecule is O=C(O)C1CCCc2sc(-c3ccc4c(c3)CCO4)nc21. The molecule has 1 aromatic heterocycles. The van der Waals surface area contributed by atoms with Gasteiger partial charge in [-0.15, -0.1) is 11.3 Å². The van der Waals surface area contributed by atoms with Crippen molar-refractivity contribution in [3.8, 4) is 16.3 Å². The zero-order chi connectivity index (χ0) is 14.4. The Labute approximate surface area is 126 Å². The van der Waals surface area contributed by atoms with Crippen LogP contribution in [0.4, 0.5) is 0 Å². The number of nitrogens with zero attached hydrogens (tertiary/aromatic N) is 1. The van der Waals surface area contributed by atoms with Gasteiger partial charge in [0.15, 0.2) is 0 Å². The van der Waals surface area contributed by atoms with Crippen molar-refractivity contribution in [3.05, 3.63) is 34.3 Å². The van der Waals surface area contributed by atoms with Gasteiger partial charge in [0, 0.05) is 16.9 Å². The maximum Gasteiger partial charge on any atom is 0.312 e. The molecule has 1 atom stereocenters. The number of carbonyl (C=O) groups is 1. The van der Waals surface area contributed by atoms with E-state index in [1.807, 2.05) is 12.1 Å². The number of hydrogen-bond donors (Lipinski definition) is 1. The normalized spacial score (nSPS) is 19.7. The summed E-state index contributed by atoms with van der Waals surface area (Å²) >= 11 is 1.64. The zero-order valence-electron chi connectivity index (χ0n) is 11.5. The fraction of sp³-hybridized carbons (Fsp3) is 0.375. The summed E-state index contributed by atoms with van der Waals surface area (Å²) in [6, 6.07) is 6.14. The minimum absolute atomic E-state index is 0.434. The quantitative estimate of drug-likeness (QED) is 0.925. The third kappa shape index (κ3) is 2.12. The number of aliphatic carboxylic acids is 1. The summed E-state index contributed by atoms with van der Waals surface area (Å²) in [7, 11) is 0. The molecular formula is C16H15NO3S. The van der Waals surface area contributed by atoms with Gasteiger partial charge >= 0.3 is 5.97 Å². The van der Waals surface area contributed by atoms with Gasteiger partial charge < -0.3 is 9.84 Å². The van der Waals surface area contributed by atoms with E-state index in [1.54, 1.807) is 11.3 Å². The van der Waals surface area contributed by atoms with Gasteiger partial charge in [-0.3, -0.25) is 4.79 Å². The maximum absolute atomic E-state index is 11.4. The highest BCUT2D eigenvalue weighted by atomic mass is 32.1. The van der Waals surface area contributed by atoms with Gasteiger partial charge in [0.1, 0.15) is 10.8 Å². The molecule has 0 spiro atoms. The first-order valence-electron chi connectivity index (χ1n) is 7.21. The summed E-state index contributed by atoms with van der Waals surface area (Å²) in [6.45, 7) is 0.744. The highest BCUT2D eigenvalue weighted by molar-refractivity contribution is 7.15. The molecule has 0 saturated heterocycles. The molecule has 1 unspecified atom stereocenters. The van der Waals surface area contributed by atoms with Crippen molar-refractivity contribution < 1.29 is 14.6 Å². The van der Waals surface area contributed by atoms with Gasteiger partial charge in [-0.25, -0.2) is 4.98 Å². The molecule has 0 bridgehead atoms. The maximum atomic E-state index is 11.4. The summed E-state index contributed by atoms with van der Waals surface area (Å²) in [4.78, 5) is 17.1. The first-order chi connectivity index (χ1) is 10.2. The molecule has 2 aliphatic rings. The molecular weight excluding hydrogens is 286 g/mol. The molecule has 4 nitrogen and oxygen atoms in total. The van der Waals surface area contributed by atoms with Crippen molar-refractivity contribution >= 4 is 17.3 Å². The molecule has 1 aliphatic carbocycles. The topological polar surface area (TPSA) is 59.4 Å². The van der Waals surface area contributed by atoms with Crippen LogP contribution in [0.25, 0.3) is 10.6 Å². The van der Waals surface area contributed by atoms with E-state index in [1.165, 1.54) is 5.56 Å². The number of carboxylic acid groups (broad SMARTS) is 1. The molecule has 1 aliphatic heterocycles. The number of benzene rings is 1. The van der Waals surface area contributed by atoms with Crippen molar-refractivity contribution in [1.82, 2.24) is 4.98 Å². The Morgan fingerprint density at radius 3 is 3.14 bits per heavy atom. The lowest BCUT2D eigenvalue weighted by molar-refractivity contribution is -0.139. The number of carboxylic acids is 1. The molecule has 0 amide bonds. The van der Waals surface area contributed by atoms with E-state index >= 15 is 0 Å². The number of thiazole rings is 1. The van der Waals surface area contributed by atoms with Crippen LogP contribution >= 0.6 is 11.3 Å². The lowest BCUT2D eigenvalue weighted by atomic mass is 9.91. The molecule has 2 heterocycles. The second kappa shape index (κ2) is 4.84. The molecule has 0 radical (unpaired) electrons. The van der Waals surface area contributed by atoms with Crippen molar-refractivity contribution in [3.63, 3.8) is 0 Å². The molecule has 108 valence electrons. The molecule has 2 aromatic rings. The number of aromatic nitrogens is 1. The van der Waals surface area contributed by atoms with Gasteiger partial charge in [0.2, 0.25) is 0 Å². The monoisotopic (exact) mass is 301 g/mol. The van der Waals surface area contributed by atoms with Crippen LogP contribution in [0.3, 0.4) is 0 Å². The lowest BCUT2D eigenvalue weighted by Crippen LogP contribution is -2.17. The Morgan fingerprint density at radius 2 is 2.29 bits per heavy atom. The minimum atomic E-state index is -0.754. The second-order valence-electron chi connectivity index (χ2n) is 5.53. The van der Waals surface area contributed by atoms with E-state index in [4.69, 9.17) is 4.74 Å². The van der Waals surface area contributed by atoms with E-state index in [0.717, 1.165) is 52.8 Å². The average molecular weight is 301 g/mol. The van der Waals surface area contributed by atoms with Gasteiger partial charge in [-0.05, 0) is 43.0 Å². The summed E-state index contributed by atoms with van der Waals surface area (Å²) < 4.78 is 5.52. The Hall–Kier alpha value is -1.88. The fourth-order valence-corrected chi connectivity index (χ4v) is 4.26. The smallest absolute Gasteiger partial charge is 0.312 e. The van der Waals surface area contributed by atoms with Gasteiger partial charge in [-0.2, -0.15) is 0 Å². The third-order valence-electron chi connectivity index (χ3n) is 4.19. The van der Waals surface area contributed by atoms with Crippen molar-refractivity contribution in [2.45, 2.75) is 31.6 Å². The largest absolute Gasteiger partial charge is 0.493 e. The van der Waals surface area contributed by atoms with Gasteiger partial charge in [0.05, 0.1) is 18.2 Å². The Bertz CT molecular complexity index is 722. The van der Waals surface area contributed by atoms with E-state index in [9.17, 15) is 9.90 Å². The highest BCUT2D eigenvalue weighted by Crippen LogP contribution is 2.39. The predicted molar refractivity (Wildman–Crippen MR) is 80.1 cm³/mol. The number of fused-ring (bicyclic) bond motifs is 2. The standard InChI is InChI=1S/C16H15NO3S/c18-16(19)11-2-1-3-13-14(11)17-15(21-13)10-4-5-12-9(8-10)6-7-20-12/h4-5,8,11H,1-3,6-7H2,(H,18,19). The Kier molecular flexibility index (Phi) is 2.96. The lowest BCUT2D eigenvalue weighted by Gasteiger charge is -2.16. The van der Waals surface area contributed by atoms with Crippen LogP contribution in [-0.4, -0.2) is 22.7 Å². The highest BCUT2D eigenvalue weighted by Gasteiger charge is 2.30. The molecule has 4 rings (SSSR count). The van der Waals surface area contributed by atoms with Crippen LogP contribution in [0, 0.1) is 0 Å². The van der Waals surface area contributed by atoms with Crippen LogP contribution in [0.5, 0.6) is 5.75 Å². The van der Waals surface area contributed by atoms with Gasteiger partial charge in [-0.1, -0.05) is 0 Å². The van der Waals surface area contributed by atoms with Crippen molar-refractivity contribution in [1.29, 1.82) is 0 Å². The van der Waals surface area contributed by atoms with Crippen LogP contribution in [-0.2, 0) is 17.6 Å². The second-order valence-corrected chi connectivity index (χ2v) is 6.62.